The average Bonchev–Trinajstić information content (AvgIpc) is 2.81. The van der Waals surface area contributed by atoms with Crippen LogP contribution in [0.2, 0.25) is 0 Å². The second-order valence-electron chi connectivity index (χ2n) is 4.87. The van der Waals surface area contributed by atoms with E-state index in [0.717, 1.165) is 5.56 Å². The molecular formula is C14H17NO5. The molecule has 3 N–H and O–H groups in total. The number of carboxylic acid groups (broad SMARTS) is 2. The van der Waals surface area contributed by atoms with Crippen LogP contribution in [-0.4, -0.2) is 41.8 Å². The number of rotatable bonds is 5. The van der Waals surface area contributed by atoms with Crippen molar-refractivity contribution in [3.63, 3.8) is 0 Å². The van der Waals surface area contributed by atoms with Gasteiger partial charge in [0, 0.05) is 18.4 Å². The van der Waals surface area contributed by atoms with E-state index in [4.69, 9.17) is 9.84 Å². The Hall–Kier alpha value is -2.08. The molecule has 6 nitrogen and oxygen atoms in total. The van der Waals surface area contributed by atoms with Gasteiger partial charge in [0.2, 0.25) is 0 Å². The SMILES string of the molecule is COc1cccc([C@H]2CN[C@H](C(=O)O)[C@H]2CC(=O)O)c1. The first-order valence-electron chi connectivity index (χ1n) is 6.35. The topological polar surface area (TPSA) is 95.9 Å². The Balaban J connectivity index is 2.28. The van der Waals surface area contributed by atoms with E-state index >= 15 is 0 Å². The summed E-state index contributed by atoms with van der Waals surface area (Å²) in [5.74, 6) is -1.95. The highest BCUT2D eigenvalue weighted by atomic mass is 16.5. The molecule has 1 aromatic rings. The van der Waals surface area contributed by atoms with E-state index in [1.165, 1.54) is 0 Å². The molecule has 3 atom stereocenters. The lowest BCUT2D eigenvalue weighted by atomic mass is 9.83. The fraction of sp³-hybridized carbons (Fsp3) is 0.429. The molecule has 1 heterocycles. The summed E-state index contributed by atoms with van der Waals surface area (Å²) in [4.78, 5) is 22.2. The summed E-state index contributed by atoms with van der Waals surface area (Å²) in [7, 11) is 1.56. The van der Waals surface area contributed by atoms with Gasteiger partial charge in [0.05, 0.1) is 13.5 Å². The van der Waals surface area contributed by atoms with Crippen LogP contribution >= 0.6 is 0 Å². The second kappa shape index (κ2) is 5.92. The number of methoxy groups -OCH3 is 1. The number of benzene rings is 1. The van der Waals surface area contributed by atoms with Crippen molar-refractivity contribution in [3.8, 4) is 5.75 Å². The van der Waals surface area contributed by atoms with E-state index < -0.39 is 23.9 Å². The molecule has 0 unspecified atom stereocenters. The largest absolute Gasteiger partial charge is 0.497 e. The zero-order chi connectivity index (χ0) is 14.7. The van der Waals surface area contributed by atoms with Gasteiger partial charge in [-0.05, 0) is 17.7 Å². The first-order valence-corrected chi connectivity index (χ1v) is 6.35. The van der Waals surface area contributed by atoms with Crippen LogP contribution in [0.1, 0.15) is 17.9 Å². The smallest absolute Gasteiger partial charge is 0.321 e. The highest BCUT2D eigenvalue weighted by Gasteiger charge is 2.41. The Bertz CT molecular complexity index is 516. The fourth-order valence-electron chi connectivity index (χ4n) is 2.76. The van der Waals surface area contributed by atoms with E-state index in [2.05, 4.69) is 5.32 Å². The Labute approximate surface area is 116 Å². The predicted molar refractivity (Wildman–Crippen MR) is 70.9 cm³/mol. The highest BCUT2D eigenvalue weighted by Crippen LogP contribution is 2.35. The van der Waals surface area contributed by atoms with Crippen LogP contribution in [0.5, 0.6) is 5.75 Å². The molecule has 1 aliphatic heterocycles. The number of carbonyl (C=O) groups is 2. The molecule has 0 saturated carbocycles. The maximum Gasteiger partial charge on any atom is 0.321 e. The Morgan fingerprint density at radius 1 is 1.40 bits per heavy atom. The monoisotopic (exact) mass is 279 g/mol. The van der Waals surface area contributed by atoms with Gasteiger partial charge < -0.3 is 20.3 Å². The first-order chi connectivity index (χ1) is 9.52. The zero-order valence-corrected chi connectivity index (χ0v) is 11.1. The number of ether oxygens (including phenoxy) is 1. The lowest BCUT2D eigenvalue weighted by Crippen LogP contribution is -2.36. The van der Waals surface area contributed by atoms with Crippen molar-refractivity contribution in [2.24, 2.45) is 5.92 Å². The summed E-state index contributed by atoms with van der Waals surface area (Å²) >= 11 is 0. The second-order valence-corrected chi connectivity index (χ2v) is 4.87. The maximum absolute atomic E-state index is 11.2. The van der Waals surface area contributed by atoms with E-state index in [1.807, 2.05) is 18.2 Å². The fourth-order valence-corrected chi connectivity index (χ4v) is 2.76. The van der Waals surface area contributed by atoms with Crippen molar-refractivity contribution in [2.45, 2.75) is 18.4 Å². The normalized spacial score (nSPS) is 25.4. The minimum absolute atomic E-state index is 0.151. The van der Waals surface area contributed by atoms with E-state index in [9.17, 15) is 14.7 Å². The summed E-state index contributed by atoms with van der Waals surface area (Å²) in [6, 6.07) is 6.48. The van der Waals surface area contributed by atoms with Crippen molar-refractivity contribution in [3.05, 3.63) is 29.8 Å². The number of carboxylic acids is 2. The Kier molecular flexibility index (Phi) is 4.24. The third-order valence-corrected chi connectivity index (χ3v) is 3.70. The van der Waals surface area contributed by atoms with Crippen LogP contribution in [0.3, 0.4) is 0 Å². The van der Waals surface area contributed by atoms with Crippen molar-refractivity contribution in [2.75, 3.05) is 13.7 Å². The summed E-state index contributed by atoms with van der Waals surface area (Å²) in [5.41, 5.74) is 0.895. The Morgan fingerprint density at radius 2 is 2.15 bits per heavy atom. The van der Waals surface area contributed by atoms with Crippen molar-refractivity contribution in [1.82, 2.24) is 5.32 Å². The van der Waals surface area contributed by atoms with Crippen LogP contribution in [0, 0.1) is 5.92 Å². The van der Waals surface area contributed by atoms with Gasteiger partial charge in [-0.2, -0.15) is 0 Å². The minimum Gasteiger partial charge on any atom is -0.497 e. The van der Waals surface area contributed by atoms with Crippen molar-refractivity contribution < 1.29 is 24.5 Å². The lowest BCUT2D eigenvalue weighted by Gasteiger charge is -2.20. The standard InChI is InChI=1S/C14H17NO5/c1-20-9-4-2-3-8(5-9)11-7-15-13(14(18)19)10(11)6-12(16)17/h2-5,10-11,13,15H,6-7H2,1H3,(H,16,17)(H,18,19)/t10-,11+,13-/m0/s1. The molecule has 0 aliphatic carbocycles. The van der Waals surface area contributed by atoms with Gasteiger partial charge in [0.15, 0.2) is 0 Å². The van der Waals surface area contributed by atoms with Gasteiger partial charge in [-0.15, -0.1) is 0 Å². The van der Waals surface area contributed by atoms with E-state index in [1.54, 1.807) is 13.2 Å². The molecule has 1 saturated heterocycles. The van der Waals surface area contributed by atoms with Crippen molar-refractivity contribution >= 4 is 11.9 Å². The molecule has 1 fully saturated rings. The molecule has 1 aliphatic rings. The van der Waals surface area contributed by atoms with Gasteiger partial charge in [0.25, 0.3) is 0 Å². The van der Waals surface area contributed by atoms with Gasteiger partial charge in [0.1, 0.15) is 11.8 Å². The third-order valence-electron chi connectivity index (χ3n) is 3.70. The number of nitrogens with one attached hydrogen (secondary N) is 1. The van der Waals surface area contributed by atoms with E-state index in [0.29, 0.717) is 12.3 Å². The molecule has 0 bridgehead atoms. The highest BCUT2D eigenvalue weighted by molar-refractivity contribution is 5.76. The van der Waals surface area contributed by atoms with Gasteiger partial charge in [-0.3, -0.25) is 9.59 Å². The summed E-state index contributed by atoms with van der Waals surface area (Å²) < 4.78 is 5.15. The Morgan fingerprint density at radius 3 is 2.75 bits per heavy atom. The van der Waals surface area contributed by atoms with Crippen LogP contribution in [0.25, 0.3) is 0 Å². The molecule has 6 heteroatoms. The van der Waals surface area contributed by atoms with Crippen LogP contribution in [-0.2, 0) is 9.59 Å². The molecule has 20 heavy (non-hydrogen) atoms. The minimum atomic E-state index is -1.01. The number of hydrogen-bond donors (Lipinski definition) is 3. The molecule has 0 aromatic heterocycles. The van der Waals surface area contributed by atoms with Gasteiger partial charge >= 0.3 is 11.9 Å². The third kappa shape index (κ3) is 2.91. The summed E-state index contributed by atoms with van der Waals surface area (Å²) in [6.07, 6.45) is -0.175. The maximum atomic E-state index is 11.2. The molecule has 0 spiro atoms. The van der Waals surface area contributed by atoms with Crippen molar-refractivity contribution in [1.29, 1.82) is 0 Å². The quantitative estimate of drug-likeness (QED) is 0.742. The molecule has 108 valence electrons. The van der Waals surface area contributed by atoms with E-state index in [-0.39, 0.29) is 12.3 Å². The number of aliphatic carboxylic acids is 2. The van der Waals surface area contributed by atoms with Crippen LogP contribution in [0.4, 0.5) is 0 Å². The molecule has 0 amide bonds. The first kappa shape index (κ1) is 14.3. The van der Waals surface area contributed by atoms with Gasteiger partial charge in [-0.1, -0.05) is 12.1 Å². The molecule has 2 rings (SSSR count). The summed E-state index contributed by atoms with van der Waals surface area (Å²) in [6.45, 7) is 0.447. The van der Waals surface area contributed by atoms with Crippen LogP contribution < -0.4 is 10.1 Å². The average molecular weight is 279 g/mol. The zero-order valence-electron chi connectivity index (χ0n) is 11.1. The molecule has 1 aromatic carbocycles. The number of hydrogen-bond acceptors (Lipinski definition) is 4. The van der Waals surface area contributed by atoms with Gasteiger partial charge in [-0.25, -0.2) is 0 Å². The lowest BCUT2D eigenvalue weighted by molar-refractivity contribution is -0.142. The predicted octanol–water partition coefficient (Wildman–Crippen LogP) is 0.926. The molecule has 0 radical (unpaired) electrons. The van der Waals surface area contributed by atoms with Crippen LogP contribution in [0.15, 0.2) is 24.3 Å². The summed E-state index contributed by atoms with van der Waals surface area (Å²) in [5, 5.41) is 21.1. The molecular weight excluding hydrogens is 262 g/mol.